The topological polar surface area (TPSA) is 38.3 Å². The van der Waals surface area contributed by atoms with Gasteiger partial charge in [0, 0.05) is 10.5 Å². The van der Waals surface area contributed by atoms with Crippen molar-refractivity contribution in [2.24, 2.45) is 0 Å². The van der Waals surface area contributed by atoms with Crippen molar-refractivity contribution in [3.63, 3.8) is 0 Å². The van der Waals surface area contributed by atoms with Crippen molar-refractivity contribution in [2.75, 3.05) is 12.4 Å². The summed E-state index contributed by atoms with van der Waals surface area (Å²) >= 11 is -0.335. The minimum absolute atomic E-state index is 0.00366. The fourth-order valence-electron chi connectivity index (χ4n) is 1.79. The van der Waals surface area contributed by atoms with Crippen LogP contribution in [0.25, 0.3) is 0 Å². The highest BCUT2D eigenvalue weighted by atomic mass is 32.2. The molecule has 0 radical (unpaired) electrons. The zero-order valence-corrected chi connectivity index (χ0v) is 12.6. The second kappa shape index (κ2) is 6.91. The zero-order valence-electron chi connectivity index (χ0n) is 11.8. The first-order valence-electron chi connectivity index (χ1n) is 6.30. The highest BCUT2D eigenvalue weighted by Crippen LogP contribution is 2.40. The minimum Gasteiger partial charge on any atom is -0.494 e. The Morgan fingerprint density at radius 3 is 2.48 bits per heavy atom. The highest BCUT2D eigenvalue weighted by molar-refractivity contribution is 8.00. The first-order chi connectivity index (χ1) is 10.8. The third-order valence-corrected chi connectivity index (χ3v) is 3.58. The van der Waals surface area contributed by atoms with Crippen molar-refractivity contribution >= 4 is 23.4 Å². The molecular weight excluding hydrogens is 334 g/mol. The van der Waals surface area contributed by atoms with E-state index in [0.29, 0.717) is 0 Å². The number of benzene rings is 2. The van der Waals surface area contributed by atoms with Crippen LogP contribution in [-0.2, 0) is 0 Å². The van der Waals surface area contributed by atoms with E-state index in [0.717, 1.165) is 6.07 Å². The Labute approximate surface area is 133 Å². The second-order valence-electron chi connectivity index (χ2n) is 4.35. The molecule has 1 amide bonds. The summed E-state index contributed by atoms with van der Waals surface area (Å²) < 4.78 is 55.8. The second-order valence-corrected chi connectivity index (χ2v) is 5.45. The van der Waals surface area contributed by atoms with E-state index in [1.807, 2.05) is 0 Å². The van der Waals surface area contributed by atoms with E-state index in [9.17, 15) is 22.4 Å². The van der Waals surface area contributed by atoms with Crippen LogP contribution in [0, 0.1) is 5.82 Å². The number of anilines is 1. The van der Waals surface area contributed by atoms with Crippen molar-refractivity contribution in [1.29, 1.82) is 0 Å². The van der Waals surface area contributed by atoms with E-state index in [4.69, 9.17) is 4.74 Å². The number of para-hydroxylation sites is 1. The van der Waals surface area contributed by atoms with Crippen LogP contribution in [0.15, 0.2) is 47.4 Å². The molecule has 0 spiro atoms. The van der Waals surface area contributed by atoms with Gasteiger partial charge in [-0.2, -0.15) is 13.2 Å². The lowest BCUT2D eigenvalue weighted by molar-refractivity contribution is -0.0328. The van der Waals surface area contributed by atoms with Crippen LogP contribution < -0.4 is 10.1 Å². The highest BCUT2D eigenvalue weighted by Gasteiger charge is 2.30. The minimum atomic E-state index is -4.48. The number of amides is 1. The Bertz CT molecular complexity index is 719. The number of halogens is 4. The predicted octanol–water partition coefficient (Wildman–Crippen LogP) is 4.70. The molecule has 0 unspecified atom stereocenters. The van der Waals surface area contributed by atoms with E-state index >= 15 is 0 Å². The molecular formula is C15H11F4NO2S. The van der Waals surface area contributed by atoms with E-state index in [1.54, 1.807) is 0 Å². The van der Waals surface area contributed by atoms with Crippen molar-refractivity contribution in [3.8, 4) is 5.75 Å². The molecule has 0 aliphatic heterocycles. The van der Waals surface area contributed by atoms with Crippen LogP contribution in [-0.4, -0.2) is 18.5 Å². The normalized spacial score (nSPS) is 11.2. The third-order valence-electron chi connectivity index (χ3n) is 2.77. The van der Waals surface area contributed by atoms with Gasteiger partial charge in [0.2, 0.25) is 0 Å². The Balaban J connectivity index is 2.22. The van der Waals surface area contributed by atoms with Gasteiger partial charge in [-0.1, -0.05) is 12.1 Å². The molecule has 0 bridgehead atoms. The summed E-state index contributed by atoms with van der Waals surface area (Å²) in [6.45, 7) is 0. The average molecular weight is 345 g/mol. The van der Waals surface area contributed by atoms with Crippen LogP contribution in [0.3, 0.4) is 0 Å². The molecule has 0 fully saturated rings. The summed E-state index contributed by atoms with van der Waals surface area (Å²) in [5.41, 5.74) is -4.52. The Morgan fingerprint density at radius 1 is 1.17 bits per heavy atom. The standard InChI is InChI=1S/C15H11F4NO2S/c1-22-12-7-6-9(8-10(12)16)14(21)20-11-4-2-3-5-13(11)23-15(17,18)19/h2-8H,1H3,(H,20,21). The smallest absolute Gasteiger partial charge is 0.446 e. The lowest BCUT2D eigenvalue weighted by Gasteiger charge is -2.12. The quantitative estimate of drug-likeness (QED) is 0.645. The average Bonchev–Trinajstić information content (AvgIpc) is 2.47. The Morgan fingerprint density at radius 2 is 1.87 bits per heavy atom. The van der Waals surface area contributed by atoms with Crippen LogP contribution >= 0.6 is 11.8 Å². The third kappa shape index (κ3) is 4.62. The summed E-state index contributed by atoms with van der Waals surface area (Å²) in [5, 5.41) is 2.35. The molecule has 2 aromatic carbocycles. The molecule has 122 valence electrons. The molecule has 2 aromatic rings. The maximum atomic E-state index is 13.6. The number of alkyl halides is 3. The summed E-state index contributed by atoms with van der Waals surface area (Å²) in [6, 6.07) is 9.03. The number of rotatable bonds is 4. The SMILES string of the molecule is COc1ccc(C(=O)Nc2ccccc2SC(F)(F)F)cc1F. The van der Waals surface area contributed by atoms with Crippen molar-refractivity contribution in [3.05, 3.63) is 53.8 Å². The molecule has 0 saturated heterocycles. The van der Waals surface area contributed by atoms with Crippen molar-refractivity contribution < 1.29 is 27.1 Å². The number of carbonyl (C=O) groups is 1. The summed E-state index contributed by atoms with van der Waals surface area (Å²) in [7, 11) is 1.28. The lowest BCUT2D eigenvalue weighted by atomic mass is 10.2. The molecule has 0 saturated carbocycles. The molecule has 1 N–H and O–H groups in total. The maximum Gasteiger partial charge on any atom is 0.446 e. The van der Waals surface area contributed by atoms with Gasteiger partial charge in [0.05, 0.1) is 12.8 Å². The number of thioether (sulfide) groups is 1. The van der Waals surface area contributed by atoms with Gasteiger partial charge >= 0.3 is 5.51 Å². The van der Waals surface area contributed by atoms with E-state index in [1.165, 1.54) is 43.5 Å². The molecule has 0 aliphatic carbocycles. The number of methoxy groups -OCH3 is 1. The van der Waals surface area contributed by atoms with Crippen LogP contribution in [0.5, 0.6) is 5.75 Å². The lowest BCUT2D eigenvalue weighted by Crippen LogP contribution is -2.13. The predicted molar refractivity (Wildman–Crippen MR) is 79.3 cm³/mol. The van der Waals surface area contributed by atoms with Gasteiger partial charge in [-0.15, -0.1) is 0 Å². The summed E-state index contributed by atoms with van der Waals surface area (Å²) in [6.07, 6.45) is 0. The van der Waals surface area contributed by atoms with Gasteiger partial charge in [-0.25, -0.2) is 4.39 Å². The fourth-order valence-corrected chi connectivity index (χ4v) is 2.41. The largest absolute Gasteiger partial charge is 0.494 e. The number of carbonyl (C=O) groups excluding carboxylic acids is 1. The van der Waals surface area contributed by atoms with E-state index in [2.05, 4.69) is 5.32 Å². The molecule has 2 rings (SSSR count). The zero-order chi connectivity index (χ0) is 17.0. The van der Waals surface area contributed by atoms with Crippen molar-refractivity contribution in [1.82, 2.24) is 0 Å². The number of hydrogen-bond acceptors (Lipinski definition) is 3. The van der Waals surface area contributed by atoms with Gasteiger partial charge in [-0.3, -0.25) is 4.79 Å². The van der Waals surface area contributed by atoms with Gasteiger partial charge < -0.3 is 10.1 Å². The van der Waals surface area contributed by atoms with Crippen LogP contribution in [0.2, 0.25) is 0 Å². The molecule has 3 nitrogen and oxygen atoms in total. The summed E-state index contributed by atoms with van der Waals surface area (Å²) in [5.74, 6) is -1.49. The van der Waals surface area contributed by atoms with E-state index in [-0.39, 0.29) is 33.7 Å². The number of nitrogens with one attached hydrogen (secondary N) is 1. The monoisotopic (exact) mass is 345 g/mol. The molecule has 0 aliphatic rings. The van der Waals surface area contributed by atoms with Gasteiger partial charge in [-0.05, 0) is 42.1 Å². The molecule has 23 heavy (non-hydrogen) atoms. The van der Waals surface area contributed by atoms with Crippen LogP contribution in [0.4, 0.5) is 23.2 Å². The van der Waals surface area contributed by atoms with Gasteiger partial charge in [0.1, 0.15) is 0 Å². The molecule has 0 atom stereocenters. The van der Waals surface area contributed by atoms with Gasteiger partial charge in [0.25, 0.3) is 5.91 Å². The van der Waals surface area contributed by atoms with Gasteiger partial charge in [0.15, 0.2) is 11.6 Å². The number of hydrogen-bond donors (Lipinski definition) is 1. The molecule has 0 aromatic heterocycles. The Hall–Kier alpha value is -2.22. The summed E-state index contributed by atoms with van der Waals surface area (Å²) in [4.78, 5) is 11.9. The first kappa shape index (κ1) is 17.1. The van der Waals surface area contributed by atoms with Crippen molar-refractivity contribution in [2.45, 2.75) is 10.4 Å². The van der Waals surface area contributed by atoms with Crippen LogP contribution in [0.1, 0.15) is 10.4 Å². The fraction of sp³-hybridized carbons (Fsp3) is 0.133. The molecule has 8 heteroatoms. The number of ether oxygens (including phenoxy) is 1. The van der Waals surface area contributed by atoms with E-state index < -0.39 is 17.2 Å². The molecule has 0 heterocycles. The first-order valence-corrected chi connectivity index (χ1v) is 7.11. The maximum absolute atomic E-state index is 13.6. The Kier molecular flexibility index (Phi) is 5.15.